The van der Waals surface area contributed by atoms with Gasteiger partial charge in [-0.25, -0.2) is 23.4 Å². The molecule has 1 saturated carbocycles. The normalized spacial score (nSPS) is 15.9. The average molecular weight is 567 g/mol. The zero-order valence-electron chi connectivity index (χ0n) is 22.1. The molecule has 4 aromatic rings. The zero-order valence-corrected chi connectivity index (χ0v) is 22.9. The van der Waals surface area contributed by atoms with Gasteiger partial charge in [-0.1, -0.05) is 0 Å². The highest BCUT2D eigenvalue weighted by Gasteiger charge is 2.38. The van der Waals surface area contributed by atoms with E-state index in [4.69, 9.17) is 10.2 Å². The van der Waals surface area contributed by atoms with Crippen molar-refractivity contribution in [2.24, 2.45) is 5.92 Å². The van der Waals surface area contributed by atoms with Crippen LogP contribution in [-0.4, -0.2) is 84.8 Å². The van der Waals surface area contributed by atoms with Gasteiger partial charge in [-0.2, -0.15) is 14.3 Å². The average Bonchev–Trinajstić information content (AvgIpc) is 3.54. The Morgan fingerprint density at radius 2 is 1.98 bits per heavy atom. The Morgan fingerprint density at radius 1 is 1.18 bits per heavy atom. The molecule has 0 bridgehead atoms. The maximum absolute atomic E-state index is 12.5. The third kappa shape index (κ3) is 4.86. The number of rotatable bonds is 10. The van der Waals surface area contributed by atoms with Gasteiger partial charge in [0.2, 0.25) is 5.91 Å². The van der Waals surface area contributed by atoms with Crippen LogP contribution in [0.1, 0.15) is 32.7 Å². The SMILES string of the molecule is CC(C)n1nc(N2CC(C(=O)NCCO)C2)c2cnc(Nc3ccnc(-c4cnn(S(=O)(=O)C5CC5)c4)n3)cc21. The largest absolute Gasteiger partial charge is 0.395 e. The minimum atomic E-state index is -3.47. The van der Waals surface area contributed by atoms with Crippen molar-refractivity contribution in [2.75, 3.05) is 36.5 Å². The Morgan fingerprint density at radius 3 is 2.70 bits per heavy atom. The van der Waals surface area contributed by atoms with Gasteiger partial charge in [0, 0.05) is 44.1 Å². The van der Waals surface area contributed by atoms with Gasteiger partial charge in [0.15, 0.2) is 11.6 Å². The lowest BCUT2D eigenvalue weighted by atomic mass is 9.99. The van der Waals surface area contributed by atoms with E-state index in [0.717, 1.165) is 20.8 Å². The number of fused-ring (bicyclic) bond motifs is 1. The van der Waals surface area contributed by atoms with Crippen LogP contribution in [0.5, 0.6) is 0 Å². The highest BCUT2D eigenvalue weighted by Crippen LogP contribution is 2.34. The molecule has 40 heavy (non-hydrogen) atoms. The lowest BCUT2D eigenvalue weighted by Crippen LogP contribution is -2.54. The summed E-state index contributed by atoms with van der Waals surface area (Å²) in [6.45, 7) is 5.35. The third-order valence-corrected chi connectivity index (χ3v) is 9.00. The monoisotopic (exact) mass is 566 g/mol. The van der Waals surface area contributed by atoms with E-state index < -0.39 is 10.0 Å². The van der Waals surface area contributed by atoms with Gasteiger partial charge in [-0.05, 0) is 32.8 Å². The molecule has 5 heterocycles. The Balaban J connectivity index is 1.22. The van der Waals surface area contributed by atoms with Gasteiger partial charge in [0.25, 0.3) is 10.0 Å². The summed E-state index contributed by atoms with van der Waals surface area (Å²) in [6, 6.07) is 3.69. The van der Waals surface area contributed by atoms with Crippen LogP contribution in [0.25, 0.3) is 22.3 Å². The number of nitrogens with one attached hydrogen (secondary N) is 2. The number of pyridine rings is 1. The number of hydrogen-bond donors (Lipinski definition) is 3. The summed E-state index contributed by atoms with van der Waals surface area (Å²) in [5.41, 5.74) is 1.38. The number of amides is 1. The predicted molar refractivity (Wildman–Crippen MR) is 148 cm³/mol. The van der Waals surface area contributed by atoms with E-state index in [0.29, 0.717) is 49.0 Å². The van der Waals surface area contributed by atoms with Crippen molar-refractivity contribution in [3.8, 4) is 11.4 Å². The highest BCUT2D eigenvalue weighted by atomic mass is 32.2. The van der Waals surface area contributed by atoms with Gasteiger partial charge >= 0.3 is 0 Å². The summed E-state index contributed by atoms with van der Waals surface area (Å²) in [7, 11) is -3.47. The van der Waals surface area contributed by atoms with Crippen molar-refractivity contribution in [2.45, 2.75) is 38.0 Å². The van der Waals surface area contributed by atoms with Crippen molar-refractivity contribution in [1.29, 1.82) is 0 Å². The van der Waals surface area contributed by atoms with Crippen LogP contribution in [0.4, 0.5) is 17.5 Å². The molecule has 15 heteroatoms. The first-order valence-electron chi connectivity index (χ1n) is 13.2. The van der Waals surface area contributed by atoms with E-state index in [9.17, 15) is 13.2 Å². The standard InChI is InChI=1S/C25H30N10O4S/c1-15(2)35-20-9-22(28-11-19(20)24(32-35)33-12-17(13-33)25(37)27-7-8-36)30-21-5-6-26-23(31-21)16-10-29-34(14-16)40(38,39)18-3-4-18/h5-6,9-11,14-15,17-18,36H,3-4,7-8,12-13H2,1-2H3,(H,27,37)(H,26,28,30,31). The first kappa shape index (κ1) is 26.1. The summed E-state index contributed by atoms with van der Waals surface area (Å²) in [5, 5.41) is 24.2. The molecule has 1 amide bonds. The number of aliphatic hydroxyl groups is 1. The van der Waals surface area contributed by atoms with Crippen molar-refractivity contribution >= 4 is 44.3 Å². The topological polar surface area (TPSA) is 173 Å². The minimum Gasteiger partial charge on any atom is -0.395 e. The lowest BCUT2D eigenvalue weighted by Gasteiger charge is -2.38. The number of anilines is 3. The Bertz CT molecular complexity index is 1670. The molecule has 0 unspecified atom stereocenters. The number of carbonyl (C=O) groups is 1. The molecular weight excluding hydrogens is 536 g/mol. The summed E-state index contributed by atoms with van der Waals surface area (Å²) in [4.78, 5) is 27.7. The number of hydrogen-bond acceptors (Lipinski definition) is 11. The van der Waals surface area contributed by atoms with Gasteiger partial charge in [0.1, 0.15) is 11.6 Å². The predicted octanol–water partition coefficient (Wildman–Crippen LogP) is 1.29. The minimum absolute atomic E-state index is 0.0661. The molecule has 1 aliphatic carbocycles. The number of aromatic nitrogens is 7. The second-order valence-corrected chi connectivity index (χ2v) is 12.4. The molecule has 210 valence electrons. The molecule has 0 aromatic carbocycles. The van der Waals surface area contributed by atoms with Crippen LogP contribution in [0.15, 0.2) is 36.9 Å². The maximum Gasteiger partial charge on any atom is 0.256 e. The summed E-state index contributed by atoms with van der Waals surface area (Å²) < 4.78 is 27.9. The van der Waals surface area contributed by atoms with Crippen LogP contribution >= 0.6 is 0 Å². The fourth-order valence-electron chi connectivity index (χ4n) is 4.63. The van der Waals surface area contributed by atoms with E-state index in [1.54, 1.807) is 18.5 Å². The van der Waals surface area contributed by atoms with Gasteiger partial charge < -0.3 is 20.6 Å². The van der Waals surface area contributed by atoms with Crippen LogP contribution in [0, 0.1) is 5.92 Å². The van der Waals surface area contributed by atoms with E-state index in [1.165, 1.54) is 12.4 Å². The summed E-state index contributed by atoms with van der Waals surface area (Å²) in [6.07, 6.45) is 7.54. The van der Waals surface area contributed by atoms with Crippen molar-refractivity contribution in [3.05, 3.63) is 36.9 Å². The molecule has 4 aromatic heterocycles. The van der Waals surface area contributed by atoms with Crippen LogP contribution < -0.4 is 15.5 Å². The second-order valence-electron chi connectivity index (χ2n) is 10.3. The molecule has 0 atom stereocenters. The Kier molecular flexibility index (Phi) is 6.62. The lowest BCUT2D eigenvalue weighted by molar-refractivity contribution is -0.125. The van der Waals surface area contributed by atoms with E-state index in [-0.39, 0.29) is 36.3 Å². The smallest absolute Gasteiger partial charge is 0.256 e. The molecule has 6 rings (SSSR count). The molecule has 2 aliphatic rings. The molecule has 0 radical (unpaired) electrons. The summed E-state index contributed by atoms with van der Waals surface area (Å²) >= 11 is 0. The van der Waals surface area contributed by atoms with Crippen molar-refractivity contribution in [3.63, 3.8) is 0 Å². The Labute approximate surface area is 230 Å². The maximum atomic E-state index is 12.5. The first-order valence-corrected chi connectivity index (χ1v) is 14.7. The quantitative estimate of drug-likeness (QED) is 0.252. The van der Waals surface area contributed by atoms with Crippen LogP contribution in [0.2, 0.25) is 0 Å². The van der Waals surface area contributed by atoms with Crippen LogP contribution in [0.3, 0.4) is 0 Å². The van der Waals surface area contributed by atoms with Gasteiger partial charge in [0.05, 0.1) is 46.6 Å². The zero-order chi connectivity index (χ0) is 28.0. The fourth-order valence-corrected chi connectivity index (χ4v) is 6.11. The fraction of sp³-hybridized carbons (Fsp3) is 0.440. The molecule has 14 nitrogen and oxygen atoms in total. The van der Waals surface area contributed by atoms with Crippen molar-refractivity contribution in [1.82, 2.24) is 39.2 Å². The van der Waals surface area contributed by atoms with E-state index >= 15 is 0 Å². The first-order chi connectivity index (χ1) is 19.2. The van der Waals surface area contributed by atoms with Gasteiger partial charge in [-0.15, -0.1) is 0 Å². The number of nitrogens with zero attached hydrogens (tertiary/aromatic N) is 8. The van der Waals surface area contributed by atoms with Crippen molar-refractivity contribution < 1.29 is 18.3 Å². The van der Waals surface area contributed by atoms with E-state index in [2.05, 4.69) is 35.6 Å². The molecule has 3 N–H and O–H groups in total. The van der Waals surface area contributed by atoms with Gasteiger partial charge in [-0.3, -0.25) is 9.48 Å². The molecular formula is C25H30N10O4S. The second kappa shape index (κ2) is 10.1. The highest BCUT2D eigenvalue weighted by molar-refractivity contribution is 7.90. The van der Waals surface area contributed by atoms with Crippen LogP contribution in [-0.2, 0) is 14.8 Å². The Hall–Kier alpha value is -4.11. The molecule has 0 spiro atoms. The number of aliphatic hydroxyl groups excluding tert-OH is 1. The summed E-state index contributed by atoms with van der Waals surface area (Å²) in [5.74, 6) is 1.95. The van der Waals surface area contributed by atoms with E-state index in [1.807, 2.05) is 24.6 Å². The third-order valence-electron chi connectivity index (χ3n) is 6.96. The molecule has 2 fully saturated rings. The molecule has 1 saturated heterocycles. The number of carbonyl (C=O) groups excluding carboxylic acids is 1. The molecule has 1 aliphatic heterocycles.